The molecule has 0 fully saturated rings. The third kappa shape index (κ3) is 4.02. The number of anilines is 1. The molecular formula is C15H15N3O3S2. The Labute approximate surface area is 141 Å². The molecule has 0 aromatic carbocycles. The molecule has 3 heterocycles. The normalized spacial score (nSPS) is 10.9. The van der Waals surface area contributed by atoms with Gasteiger partial charge in [-0.1, -0.05) is 0 Å². The largest absolute Gasteiger partial charge is 0.459 e. The number of amides is 1. The van der Waals surface area contributed by atoms with Gasteiger partial charge in [-0.2, -0.15) is 0 Å². The number of hydrogen-bond acceptors (Lipinski definition) is 7. The summed E-state index contributed by atoms with van der Waals surface area (Å²) in [5.41, 5.74) is 1.84. The van der Waals surface area contributed by atoms with Crippen molar-refractivity contribution < 1.29 is 13.6 Å². The number of furan rings is 1. The molecule has 0 bridgehead atoms. The summed E-state index contributed by atoms with van der Waals surface area (Å²) in [7, 11) is 0. The van der Waals surface area contributed by atoms with Crippen LogP contribution in [0.4, 0.5) is 5.13 Å². The third-order valence-electron chi connectivity index (χ3n) is 2.95. The molecule has 3 aromatic heterocycles. The van der Waals surface area contributed by atoms with Crippen LogP contribution in [0.3, 0.4) is 0 Å². The van der Waals surface area contributed by atoms with Crippen LogP contribution in [0.5, 0.6) is 0 Å². The maximum Gasteiger partial charge on any atom is 0.263 e. The Kier molecular flexibility index (Phi) is 4.82. The van der Waals surface area contributed by atoms with Gasteiger partial charge in [0.25, 0.3) is 5.89 Å². The second-order valence-corrected chi connectivity index (χ2v) is 6.66. The highest BCUT2D eigenvalue weighted by atomic mass is 32.2. The summed E-state index contributed by atoms with van der Waals surface area (Å²) in [6.45, 7) is 3.37. The van der Waals surface area contributed by atoms with Gasteiger partial charge in [0.1, 0.15) is 5.76 Å². The first-order chi connectivity index (χ1) is 11.1. The van der Waals surface area contributed by atoms with E-state index in [9.17, 15) is 4.79 Å². The van der Waals surface area contributed by atoms with E-state index in [1.165, 1.54) is 18.3 Å². The van der Waals surface area contributed by atoms with Gasteiger partial charge >= 0.3 is 0 Å². The van der Waals surface area contributed by atoms with Crippen LogP contribution in [0, 0.1) is 6.92 Å². The topological polar surface area (TPSA) is 81.2 Å². The van der Waals surface area contributed by atoms with Crippen LogP contribution in [0.2, 0.25) is 0 Å². The van der Waals surface area contributed by atoms with Gasteiger partial charge < -0.3 is 14.2 Å². The van der Waals surface area contributed by atoms with E-state index in [1.807, 2.05) is 18.4 Å². The van der Waals surface area contributed by atoms with Crippen LogP contribution in [0.25, 0.3) is 11.7 Å². The van der Waals surface area contributed by atoms with E-state index >= 15 is 0 Å². The number of hydrogen-bond donors (Lipinski definition) is 1. The molecule has 0 aliphatic rings. The van der Waals surface area contributed by atoms with Crippen LogP contribution in [-0.4, -0.2) is 15.9 Å². The second kappa shape index (κ2) is 7.01. The fraction of sp³-hybridized carbons (Fsp3) is 0.267. The predicted octanol–water partition coefficient (Wildman–Crippen LogP) is 4.09. The lowest BCUT2D eigenvalue weighted by Crippen LogP contribution is -2.05. The van der Waals surface area contributed by atoms with Crippen LogP contribution < -0.4 is 5.32 Å². The standard InChI is InChI=1S/C15H15N3O3S2/c1-9-12(18-14(21-9)13-4-3-5-20-13)8-22-6-11-7-23-15(17-11)16-10(2)19/h3-5,7H,6,8H2,1-2H3,(H,16,17,19). The van der Waals surface area contributed by atoms with Gasteiger partial charge in [-0.05, 0) is 19.1 Å². The minimum atomic E-state index is -0.109. The number of carbonyl (C=O) groups excluding carboxylic acids is 1. The number of carbonyl (C=O) groups is 1. The maximum atomic E-state index is 11.0. The molecule has 0 saturated carbocycles. The van der Waals surface area contributed by atoms with Crippen molar-refractivity contribution in [2.45, 2.75) is 25.4 Å². The number of nitrogens with one attached hydrogen (secondary N) is 1. The molecule has 3 aromatic rings. The molecule has 0 radical (unpaired) electrons. The molecule has 1 N–H and O–H groups in total. The van der Waals surface area contributed by atoms with Gasteiger partial charge in [0.05, 0.1) is 17.7 Å². The van der Waals surface area contributed by atoms with Crippen molar-refractivity contribution in [2.24, 2.45) is 0 Å². The predicted molar refractivity (Wildman–Crippen MR) is 90.4 cm³/mol. The van der Waals surface area contributed by atoms with Crippen LogP contribution in [-0.2, 0) is 16.3 Å². The summed E-state index contributed by atoms with van der Waals surface area (Å²) >= 11 is 3.12. The number of thiazole rings is 1. The average Bonchev–Trinajstić information content (AvgIpc) is 3.20. The van der Waals surface area contributed by atoms with Gasteiger partial charge in [-0.3, -0.25) is 4.79 Å². The highest BCUT2D eigenvalue weighted by Crippen LogP contribution is 2.26. The summed E-state index contributed by atoms with van der Waals surface area (Å²) in [4.78, 5) is 19.8. The molecular weight excluding hydrogens is 334 g/mol. The summed E-state index contributed by atoms with van der Waals surface area (Å²) in [5.74, 6) is 3.29. The maximum absolute atomic E-state index is 11.0. The molecule has 6 nitrogen and oxygen atoms in total. The van der Waals surface area contributed by atoms with Crippen LogP contribution >= 0.6 is 23.1 Å². The average molecular weight is 349 g/mol. The smallest absolute Gasteiger partial charge is 0.263 e. The van der Waals surface area contributed by atoms with Crippen molar-refractivity contribution in [3.63, 3.8) is 0 Å². The van der Waals surface area contributed by atoms with E-state index in [1.54, 1.807) is 24.1 Å². The zero-order chi connectivity index (χ0) is 16.2. The summed E-state index contributed by atoms with van der Waals surface area (Å²) < 4.78 is 10.9. The molecule has 8 heteroatoms. The Morgan fingerprint density at radius 3 is 3.00 bits per heavy atom. The van der Waals surface area contributed by atoms with E-state index in [0.717, 1.165) is 28.7 Å². The molecule has 23 heavy (non-hydrogen) atoms. The number of aryl methyl sites for hydroxylation is 1. The molecule has 0 aliphatic heterocycles. The van der Waals surface area contributed by atoms with E-state index in [-0.39, 0.29) is 5.91 Å². The fourth-order valence-corrected chi connectivity index (χ4v) is 3.68. The second-order valence-electron chi connectivity index (χ2n) is 4.82. The molecule has 120 valence electrons. The first-order valence-corrected chi connectivity index (χ1v) is 8.95. The number of rotatable bonds is 6. The Bertz CT molecular complexity index is 793. The zero-order valence-corrected chi connectivity index (χ0v) is 14.3. The Balaban J connectivity index is 1.56. The minimum absolute atomic E-state index is 0.109. The van der Waals surface area contributed by atoms with E-state index in [0.29, 0.717) is 16.8 Å². The van der Waals surface area contributed by atoms with Gasteiger partial charge in [0.15, 0.2) is 10.9 Å². The van der Waals surface area contributed by atoms with E-state index < -0.39 is 0 Å². The van der Waals surface area contributed by atoms with Crippen molar-refractivity contribution in [3.05, 3.63) is 40.9 Å². The molecule has 0 unspecified atom stereocenters. The lowest BCUT2D eigenvalue weighted by atomic mass is 10.4. The summed E-state index contributed by atoms with van der Waals surface area (Å²) in [6, 6.07) is 3.62. The molecule has 0 atom stereocenters. The monoisotopic (exact) mass is 349 g/mol. The van der Waals surface area contributed by atoms with Gasteiger partial charge in [0, 0.05) is 23.8 Å². The number of oxazole rings is 1. The van der Waals surface area contributed by atoms with Crippen molar-refractivity contribution in [3.8, 4) is 11.7 Å². The van der Waals surface area contributed by atoms with Crippen molar-refractivity contribution in [1.29, 1.82) is 0 Å². The summed E-state index contributed by atoms with van der Waals surface area (Å²) in [6.07, 6.45) is 1.60. The number of aromatic nitrogens is 2. The highest BCUT2D eigenvalue weighted by Gasteiger charge is 2.13. The minimum Gasteiger partial charge on any atom is -0.459 e. The number of thioether (sulfide) groups is 1. The number of nitrogens with zero attached hydrogens (tertiary/aromatic N) is 2. The fourth-order valence-electron chi connectivity index (χ4n) is 1.90. The zero-order valence-electron chi connectivity index (χ0n) is 12.7. The van der Waals surface area contributed by atoms with Crippen LogP contribution in [0.1, 0.15) is 24.1 Å². The van der Waals surface area contributed by atoms with Crippen LogP contribution in [0.15, 0.2) is 32.6 Å². The Hall–Kier alpha value is -2.06. The lowest BCUT2D eigenvalue weighted by Gasteiger charge is -1.97. The van der Waals surface area contributed by atoms with Gasteiger partial charge in [-0.15, -0.1) is 23.1 Å². The third-order valence-corrected chi connectivity index (χ3v) is 4.73. The van der Waals surface area contributed by atoms with Crippen molar-refractivity contribution in [1.82, 2.24) is 9.97 Å². The van der Waals surface area contributed by atoms with Crippen molar-refractivity contribution in [2.75, 3.05) is 5.32 Å². The molecule has 0 aliphatic carbocycles. The Morgan fingerprint density at radius 2 is 2.26 bits per heavy atom. The van der Waals surface area contributed by atoms with E-state index in [2.05, 4.69) is 15.3 Å². The Morgan fingerprint density at radius 1 is 1.39 bits per heavy atom. The van der Waals surface area contributed by atoms with Gasteiger partial charge in [-0.25, -0.2) is 9.97 Å². The van der Waals surface area contributed by atoms with E-state index in [4.69, 9.17) is 8.83 Å². The lowest BCUT2D eigenvalue weighted by molar-refractivity contribution is -0.114. The first kappa shape index (κ1) is 15.8. The van der Waals surface area contributed by atoms with Crippen molar-refractivity contribution >= 4 is 34.1 Å². The summed E-state index contributed by atoms with van der Waals surface area (Å²) in [5, 5.41) is 5.26. The molecule has 3 rings (SSSR count). The SMILES string of the molecule is CC(=O)Nc1nc(CSCc2nc(-c3ccco3)oc2C)cs1. The molecule has 0 spiro atoms. The van der Waals surface area contributed by atoms with Gasteiger partial charge in [0.2, 0.25) is 5.91 Å². The molecule has 0 saturated heterocycles. The highest BCUT2D eigenvalue weighted by molar-refractivity contribution is 7.97. The molecule has 1 amide bonds. The first-order valence-electron chi connectivity index (χ1n) is 6.91. The quantitative estimate of drug-likeness (QED) is 0.722.